The summed E-state index contributed by atoms with van der Waals surface area (Å²) < 4.78 is 0. The molecule has 3 N–H and O–H groups in total. The summed E-state index contributed by atoms with van der Waals surface area (Å²) in [6, 6.07) is 0. The molecule has 0 saturated heterocycles. The van der Waals surface area contributed by atoms with E-state index in [1.807, 2.05) is 0 Å². The third-order valence-electron chi connectivity index (χ3n) is 1.26. The molecule has 0 aliphatic carbocycles. The van der Waals surface area contributed by atoms with Gasteiger partial charge in [0.2, 0.25) is 0 Å². The van der Waals surface area contributed by atoms with Gasteiger partial charge in [-0.3, -0.25) is 0 Å². The first-order valence-electron chi connectivity index (χ1n) is 3.82. The average Bonchev–Trinajstić information content (AvgIpc) is 1.89. The predicted molar refractivity (Wildman–Crippen MR) is 55.9 cm³/mol. The fourth-order valence-electron chi connectivity index (χ4n) is 0.654. The molecule has 0 atom stereocenters. The summed E-state index contributed by atoms with van der Waals surface area (Å²) in [4.78, 5) is 0. The summed E-state index contributed by atoms with van der Waals surface area (Å²) in [6.45, 7) is 5.23. The molecule has 0 aliphatic rings. The monoisotopic (exact) mass is 202 g/mol. The normalized spacial score (nSPS) is 8.18. The second kappa shape index (κ2) is 16.8. The Hall–Kier alpha value is 0.500. The molecule has 0 radical (unpaired) electrons. The number of hydrogen-bond donors (Lipinski definition) is 2. The van der Waals surface area contributed by atoms with Gasteiger partial charge in [0, 0.05) is 0 Å². The molecule has 11 heavy (non-hydrogen) atoms. The van der Waals surface area contributed by atoms with E-state index in [-0.39, 0.29) is 24.8 Å². The maximum Gasteiger partial charge on any atom is -0.00369 e. The van der Waals surface area contributed by atoms with Crippen molar-refractivity contribution in [1.29, 1.82) is 0 Å². The Labute approximate surface area is 82.1 Å². The summed E-state index contributed by atoms with van der Waals surface area (Å²) >= 11 is 0. The van der Waals surface area contributed by atoms with Crippen LogP contribution in [0.4, 0.5) is 0 Å². The number of rotatable bonds is 6. The molecular formula is C7H20Cl2N2. The van der Waals surface area contributed by atoms with Gasteiger partial charge in [0.05, 0.1) is 0 Å². The van der Waals surface area contributed by atoms with Gasteiger partial charge >= 0.3 is 0 Å². The lowest BCUT2D eigenvalue weighted by atomic mass is 10.3. The van der Waals surface area contributed by atoms with E-state index in [1.54, 1.807) is 0 Å². The lowest BCUT2D eigenvalue weighted by molar-refractivity contribution is 0.621. The van der Waals surface area contributed by atoms with Crippen molar-refractivity contribution < 1.29 is 0 Å². The van der Waals surface area contributed by atoms with E-state index in [4.69, 9.17) is 5.73 Å². The van der Waals surface area contributed by atoms with Crippen molar-refractivity contribution in [2.75, 3.05) is 19.6 Å². The molecule has 0 spiro atoms. The van der Waals surface area contributed by atoms with Gasteiger partial charge in [0.25, 0.3) is 0 Å². The molecule has 72 valence electrons. The summed E-state index contributed by atoms with van der Waals surface area (Å²) in [7, 11) is 0. The number of unbranched alkanes of at least 4 members (excludes halogenated alkanes) is 1. The Balaban J connectivity index is -0.000000320. The second-order valence-corrected chi connectivity index (χ2v) is 2.25. The van der Waals surface area contributed by atoms with Crippen LogP contribution in [0.1, 0.15) is 26.2 Å². The SMILES string of the molecule is CCCCNCCCN.Cl.Cl. The van der Waals surface area contributed by atoms with Crippen LogP contribution in [-0.2, 0) is 0 Å². The Bertz CT molecular complexity index is 47.7. The number of halogens is 2. The Morgan fingerprint density at radius 3 is 2.09 bits per heavy atom. The van der Waals surface area contributed by atoms with Gasteiger partial charge in [-0.1, -0.05) is 13.3 Å². The van der Waals surface area contributed by atoms with Crippen LogP contribution in [-0.4, -0.2) is 19.6 Å². The largest absolute Gasteiger partial charge is 0.330 e. The molecule has 0 aromatic heterocycles. The van der Waals surface area contributed by atoms with Crippen molar-refractivity contribution in [3.05, 3.63) is 0 Å². The Morgan fingerprint density at radius 2 is 1.64 bits per heavy atom. The van der Waals surface area contributed by atoms with Gasteiger partial charge in [-0.05, 0) is 32.5 Å². The first-order chi connectivity index (χ1) is 4.41. The summed E-state index contributed by atoms with van der Waals surface area (Å²) in [5, 5.41) is 3.31. The molecule has 0 saturated carbocycles. The van der Waals surface area contributed by atoms with Crippen molar-refractivity contribution in [3.8, 4) is 0 Å². The van der Waals surface area contributed by atoms with Crippen LogP contribution in [0.15, 0.2) is 0 Å². The molecule has 2 nitrogen and oxygen atoms in total. The van der Waals surface area contributed by atoms with E-state index < -0.39 is 0 Å². The molecule has 0 rings (SSSR count). The van der Waals surface area contributed by atoms with Crippen LogP contribution in [0.3, 0.4) is 0 Å². The highest BCUT2D eigenvalue weighted by Crippen LogP contribution is 1.81. The van der Waals surface area contributed by atoms with Gasteiger partial charge in [0.1, 0.15) is 0 Å². The average molecular weight is 203 g/mol. The zero-order valence-corrected chi connectivity index (χ0v) is 8.77. The second-order valence-electron chi connectivity index (χ2n) is 2.25. The molecule has 4 heteroatoms. The first kappa shape index (κ1) is 17.5. The van der Waals surface area contributed by atoms with Gasteiger partial charge < -0.3 is 11.1 Å². The molecular weight excluding hydrogens is 183 g/mol. The minimum Gasteiger partial charge on any atom is -0.330 e. The summed E-state index contributed by atoms with van der Waals surface area (Å²) in [5.74, 6) is 0. The minimum atomic E-state index is 0. The van der Waals surface area contributed by atoms with Crippen LogP contribution in [0.2, 0.25) is 0 Å². The number of hydrogen-bond acceptors (Lipinski definition) is 2. The van der Waals surface area contributed by atoms with Crippen LogP contribution in [0.5, 0.6) is 0 Å². The first-order valence-corrected chi connectivity index (χ1v) is 3.82. The van der Waals surface area contributed by atoms with Gasteiger partial charge in [-0.2, -0.15) is 0 Å². The van der Waals surface area contributed by atoms with E-state index in [9.17, 15) is 0 Å². The quantitative estimate of drug-likeness (QED) is 0.643. The maximum absolute atomic E-state index is 5.30. The molecule has 0 aromatic carbocycles. The Kier molecular flexibility index (Phi) is 26.9. The van der Waals surface area contributed by atoms with Crippen molar-refractivity contribution in [2.24, 2.45) is 5.73 Å². The third kappa shape index (κ3) is 18.0. The van der Waals surface area contributed by atoms with E-state index in [1.165, 1.54) is 12.8 Å². The fraction of sp³-hybridized carbons (Fsp3) is 1.00. The predicted octanol–water partition coefficient (Wildman–Crippen LogP) is 1.57. The molecule has 0 aromatic rings. The lowest BCUT2D eigenvalue weighted by Gasteiger charge is -1.99. The van der Waals surface area contributed by atoms with Gasteiger partial charge in [0.15, 0.2) is 0 Å². The minimum absolute atomic E-state index is 0. The van der Waals surface area contributed by atoms with Gasteiger partial charge in [-0.15, -0.1) is 24.8 Å². The highest BCUT2D eigenvalue weighted by atomic mass is 35.5. The van der Waals surface area contributed by atoms with Crippen molar-refractivity contribution in [2.45, 2.75) is 26.2 Å². The number of nitrogens with one attached hydrogen (secondary N) is 1. The van der Waals surface area contributed by atoms with Crippen LogP contribution in [0.25, 0.3) is 0 Å². The molecule has 0 bridgehead atoms. The molecule has 0 amide bonds. The third-order valence-corrected chi connectivity index (χ3v) is 1.26. The highest BCUT2D eigenvalue weighted by molar-refractivity contribution is 5.85. The zero-order valence-electron chi connectivity index (χ0n) is 7.14. The summed E-state index contributed by atoms with van der Waals surface area (Å²) in [5.41, 5.74) is 5.30. The topological polar surface area (TPSA) is 38.0 Å². The molecule has 0 fully saturated rings. The summed E-state index contributed by atoms with van der Waals surface area (Å²) in [6.07, 6.45) is 3.66. The van der Waals surface area contributed by atoms with E-state index in [2.05, 4.69) is 12.2 Å². The maximum atomic E-state index is 5.30. The van der Waals surface area contributed by atoms with Crippen LogP contribution >= 0.6 is 24.8 Å². The van der Waals surface area contributed by atoms with Crippen LogP contribution < -0.4 is 11.1 Å². The smallest absolute Gasteiger partial charge is 0.00369 e. The molecule has 0 heterocycles. The Morgan fingerprint density at radius 1 is 1.09 bits per heavy atom. The van der Waals surface area contributed by atoms with E-state index in [0.717, 1.165) is 26.1 Å². The van der Waals surface area contributed by atoms with Crippen molar-refractivity contribution in [3.63, 3.8) is 0 Å². The van der Waals surface area contributed by atoms with Crippen molar-refractivity contribution >= 4 is 24.8 Å². The molecule has 0 unspecified atom stereocenters. The number of nitrogens with two attached hydrogens (primary N) is 1. The standard InChI is InChI=1S/C7H18N2.2ClH/c1-2-3-6-9-7-4-5-8;;/h9H,2-8H2,1H3;2*1H. The lowest BCUT2D eigenvalue weighted by Crippen LogP contribution is -2.19. The zero-order chi connectivity index (χ0) is 6.95. The molecule has 0 aliphatic heterocycles. The van der Waals surface area contributed by atoms with Gasteiger partial charge in [-0.25, -0.2) is 0 Å². The van der Waals surface area contributed by atoms with E-state index >= 15 is 0 Å². The van der Waals surface area contributed by atoms with E-state index in [0.29, 0.717) is 0 Å². The van der Waals surface area contributed by atoms with Crippen molar-refractivity contribution in [1.82, 2.24) is 5.32 Å². The van der Waals surface area contributed by atoms with Crippen LogP contribution in [0, 0.1) is 0 Å². The highest BCUT2D eigenvalue weighted by Gasteiger charge is 1.83. The fourth-order valence-corrected chi connectivity index (χ4v) is 0.654.